The maximum Gasteiger partial charge on any atom is 0.306 e. The van der Waals surface area contributed by atoms with Crippen LogP contribution in [0.25, 0.3) is 0 Å². The van der Waals surface area contributed by atoms with Gasteiger partial charge in [0.05, 0.1) is 13.5 Å². The van der Waals surface area contributed by atoms with Gasteiger partial charge in [-0.25, -0.2) is 0 Å². The molecule has 0 saturated heterocycles. The normalized spacial score (nSPS) is 17.0. The van der Waals surface area contributed by atoms with Crippen LogP contribution in [0, 0.1) is 5.41 Å². The topological polar surface area (TPSA) is 86.5 Å². The predicted octanol–water partition coefficient (Wildman–Crippen LogP) is 1.38. The summed E-state index contributed by atoms with van der Waals surface area (Å²) in [6, 6.07) is 6.79. The number of ether oxygens (including phenoxy) is 1. The van der Waals surface area contributed by atoms with E-state index in [1.165, 1.54) is 7.11 Å². The number of nitrogens with two attached hydrogens (primary N) is 1. The van der Waals surface area contributed by atoms with E-state index in [1.807, 2.05) is 0 Å². The van der Waals surface area contributed by atoms with Gasteiger partial charge in [-0.15, -0.1) is 0 Å². The van der Waals surface area contributed by atoms with Crippen molar-refractivity contribution in [2.45, 2.75) is 25.0 Å². The summed E-state index contributed by atoms with van der Waals surface area (Å²) in [5, 5.41) is 0. The Morgan fingerprint density at radius 1 is 1.29 bits per heavy atom. The molecular formula is C15H19NO4S. The summed E-state index contributed by atoms with van der Waals surface area (Å²) in [5.41, 5.74) is 6.37. The summed E-state index contributed by atoms with van der Waals surface area (Å²) in [6.07, 6.45) is 2.19. The lowest BCUT2D eigenvalue weighted by Gasteiger charge is -2.13. The number of methoxy groups -OCH3 is 1. The second kappa shape index (κ2) is 6.39. The molecule has 6 heteroatoms. The lowest BCUT2D eigenvalue weighted by Crippen LogP contribution is -2.18. The number of amides is 1. The first-order valence-corrected chi connectivity index (χ1v) is 8.23. The second-order valence-corrected chi connectivity index (χ2v) is 7.00. The Balaban J connectivity index is 1.90. The van der Waals surface area contributed by atoms with Gasteiger partial charge in [-0.3, -0.25) is 13.8 Å². The van der Waals surface area contributed by atoms with Crippen molar-refractivity contribution in [1.29, 1.82) is 0 Å². The lowest BCUT2D eigenvalue weighted by atomic mass is 10.1. The van der Waals surface area contributed by atoms with Crippen LogP contribution in [0.4, 0.5) is 0 Å². The zero-order chi connectivity index (χ0) is 15.5. The number of hydrogen-bond donors (Lipinski definition) is 1. The zero-order valence-electron chi connectivity index (χ0n) is 12.0. The van der Waals surface area contributed by atoms with Gasteiger partial charge in [0.25, 0.3) is 0 Å². The Bertz CT molecular complexity index is 564. The van der Waals surface area contributed by atoms with E-state index in [0.717, 1.165) is 18.4 Å². The van der Waals surface area contributed by atoms with Gasteiger partial charge < -0.3 is 10.5 Å². The van der Waals surface area contributed by atoms with E-state index in [-0.39, 0.29) is 11.4 Å². The largest absolute Gasteiger partial charge is 0.469 e. The van der Waals surface area contributed by atoms with E-state index in [0.29, 0.717) is 23.5 Å². The van der Waals surface area contributed by atoms with Crippen molar-refractivity contribution in [1.82, 2.24) is 0 Å². The van der Waals surface area contributed by atoms with E-state index in [1.54, 1.807) is 24.3 Å². The smallest absolute Gasteiger partial charge is 0.306 e. The Morgan fingerprint density at radius 2 is 1.90 bits per heavy atom. The SMILES string of the molecule is COC(=O)CC1(CS(=O)Cc2ccc(C(N)=O)cc2)CC1. The Labute approximate surface area is 126 Å². The van der Waals surface area contributed by atoms with E-state index in [9.17, 15) is 13.8 Å². The minimum atomic E-state index is -1.04. The van der Waals surface area contributed by atoms with Crippen LogP contribution in [0.3, 0.4) is 0 Å². The van der Waals surface area contributed by atoms with Crippen LogP contribution in [0.15, 0.2) is 24.3 Å². The van der Waals surface area contributed by atoms with Gasteiger partial charge in [0, 0.05) is 27.9 Å². The van der Waals surface area contributed by atoms with Crippen molar-refractivity contribution in [3.63, 3.8) is 0 Å². The summed E-state index contributed by atoms with van der Waals surface area (Å²) < 4.78 is 16.9. The maximum absolute atomic E-state index is 12.2. The summed E-state index contributed by atoms with van der Waals surface area (Å²) >= 11 is 0. The number of carbonyl (C=O) groups excluding carboxylic acids is 2. The average Bonchev–Trinajstić information content (AvgIpc) is 3.18. The molecule has 1 saturated carbocycles. The molecule has 5 nitrogen and oxygen atoms in total. The van der Waals surface area contributed by atoms with Gasteiger partial charge in [0.2, 0.25) is 5.91 Å². The highest BCUT2D eigenvalue weighted by Gasteiger charge is 2.45. The van der Waals surface area contributed by atoms with Crippen LogP contribution in [0.2, 0.25) is 0 Å². The Morgan fingerprint density at radius 3 is 2.38 bits per heavy atom. The lowest BCUT2D eigenvalue weighted by molar-refractivity contribution is -0.141. The second-order valence-electron chi connectivity index (χ2n) is 5.54. The maximum atomic E-state index is 12.2. The van der Waals surface area contributed by atoms with Gasteiger partial charge in [-0.2, -0.15) is 0 Å². The van der Waals surface area contributed by atoms with Gasteiger partial charge in [0.1, 0.15) is 0 Å². The van der Waals surface area contributed by atoms with E-state index < -0.39 is 16.7 Å². The molecule has 1 atom stereocenters. The molecule has 1 fully saturated rings. The monoisotopic (exact) mass is 309 g/mol. The summed E-state index contributed by atoms with van der Waals surface area (Å²) in [7, 11) is 0.333. The molecule has 0 spiro atoms. The van der Waals surface area contributed by atoms with E-state index >= 15 is 0 Å². The number of primary amides is 1. The van der Waals surface area contributed by atoms with Crippen LogP contribution in [0.1, 0.15) is 35.2 Å². The van der Waals surface area contributed by atoms with Gasteiger partial charge in [0.15, 0.2) is 0 Å². The van der Waals surface area contributed by atoms with Crippen molar-refractivity contribution < 1.29 is 18.5 Å². The van der Waals surface area contributed by atoms with E-state index in [4.69, 9.17) is 5.73 Å². The van der Waals surface area contributed by atoms with Crippen LogP contribution in [0.5, 0.6) is 0 Å². The number of benzene rings is 1. The number of esters is 1. The molecule has 2 N–H and O–H groups in total. The fraction of sp³-hybridized carbons (Fsp3) is 0.467. The molecule has 0 radical (unpaired) electrons. The fourth-order valence-electron chi connectivity index (χ4n) is 2.27. The molecule has 1 aromatic carbocycles. The third-order valence-electron chi connectivity index (χ3n) is 3.74. The molecule has 21 heavy (non-hydrogen) atoms. The number of rotatable bonds is 7. The quantitative estimate of drug-likeness (QED) is 0.771. The molecule has 1 aromatic rings. The first-order chi connectivity index (χ1) is 9.94. The molecular weight excluding hydrogens is 290 g/mol. The standard InChI is InChI=1S/C15H19NO4S/c1-20-13(17)8-15(6-7-15)10-21(19)9-11-2-4-12(5-3-11)14(16)18/h2-5H,6-10H2,1H3,(H2,16,18). The van der Waals surface area contributed by atoms with Gasteiger partial charge >= 0.3 is 5.97 Å². The van der Waals surface area contributed by atoms with Crippen LogP contribution in [-0.4, -0.2) is 28.9 Å². The molecule has 114 valence electrons. The van der Waals surface area contributed by atoms with Crippen molar-refractivity contribution >= 4 is 22.7 Å². The first kappa shape index (κ1) is 15.7. The first-order valence-electron chi connectivity index (χ1n) is 6.75. The summed E-state index contributed by atoms with van der Waals surface area (Å²) in [6.45, 7) is 0. The van der Waals surface area contributed by atoms with Crippen LogP contribution >= 0.6 is 0 Å². The van der Waals surface area contributed by atoms with Crippen molar-refractivity contribution in [3.05, 3.63) is 35.4 Å². The minimum Gasteiger partial charge on any atom is -0.469 e. The third kappa shape index (κ3) is 4.39. The number of hydrogen-bond acceptors (Lipinski definition) is 4. The zero-order valence-corrected chi connectivity index (χ0v) is 12.8. The molecule has 0 aromatic heterocycles. The predicted molar refractivity (Wildman–Crippen MR) is 80.0 cm³/mol. The number of carbonyl (C=O) groups is 2. The molecule has 0 bridgehead atoms. The van der Waals surface area contributed by atoms with E-state index in [2.05, 4.69) is 4.74 Å². The van der Waals surface area contributed by atoms with Crippen molar-refractivity contribution in [3.8, 4) is 0 Å². The van der Waals surface area contributed by atoms with Crippen molar-refractivity contribution in [2.24, 2.45) is 11.1 Å². The summed E-state index contributed by atoms with van der Waals surface area (Å²) in [5.74, 6) is 0.217. The van der Waals surface area contributed by atoms with Gasteiger partial charge in [-0.05, 0) is 36.0 Å². The molecule has 0 aliphatic heterocycles. The molecule has 2 rings (SSSR count). The molecule has 1 aliphatic rings. The Kier molecular flexibility index (Phi) is 4.77. The third-order valence-corrected chi connectivity index (χ3v) is 5.33. The average molecular weight is 309 g/mol. The molecule has 1 aliphatic carbocycles. The highest BCUT2D eigenvalue weighted by Crippen LogP contribution is 2.49. The van der Waals surface area contributed by atoms with Crippen molar-refractivity contribution in [2.75, 3.05) is 12.9 Å². The van der Waals surface area contributed by atoms with Crippen LogP contribution in [-0.2, 0) is 26.1 Å². The molecule has 0 heterocycles. The highest BCUT2D eigenvalue weighted by molar-refractivity contribution is 7.84. The summed E-state index contributed by atoms with van der Waals surface area (Å²) in [4.78, 5) is 22.3. The minimum absolute atomic E-state index is 0.134. The highest BCUT2D eigenvalue weighted by atomic mass is 32.2. The Hall–Kier alpha value is -1.69. The van der Waals surface area contributed by atoms with Crippen LogP contribution < -0.4 is 5.73 Å². The molecule has 1 unspecified atom stereocenters. The molecule has 1 amide bonds. The van der Waals surface area contributed by atoms with Gasteiger partial charge in [-0.1, -0.05) is 12.1 Å². The fourth-order valence-corrected chi connectivity index (χ4v) is 4.01.